The number of esters is 1. The lowest BCUT2D eigenvalue weighted by Crippen LogP contribution is -2.13. The van der Waals surface area contributed by atoms with E-state index in [0.717, 1.165) is 38.8 Å². The smallest absolute Gasteiger partial charge is 0.339 e. The van der Waals surface area contributed by atoms with Crippen LogP contribution in [0.5, 0.6) is 5.75 Å². The number of hydrogen-bond donors (Lipinski definition) is 2. The monoisotopic (exact) mass is 399 g/mol. The Balaban J connectivity index is 0.000000749. The molecule has 5 nitrogen and oxygen atoms in total. The molecule has 0 radical (unpaired) electrons. The quantitative estimate of drug-likeness (QED) is 0.335. The molecule has 5 heteroatoms. The maximum absolute atomic E-state index is 12.6. The van der Waals surface area contributed by atoms with Gasteiger partial charge in [-0.15, -0.1) is 0 Å². The first-order chi connectivity index (χ1) is 14.1. The van der Waals surface area contributed by atoms with Crippen molar-refractivity contribution in [1.82, 2.24) is 5.32 Å². The number of unbranched alkanes of at least 4 members (excludes halogenated alkanes) is 3. The van der Waals surface area contributed by atoms with Crippen molar-refractivity contribution >= 4 is 11.8 Å². The molecule has 0 aliphatic heterocycles. The van der Waals surface area contributed by atoms with E-state index in [1.165, 1.54) is 18.2 Å². The summed E-state index contributed by atoms with van der Waals surface area (Å²) in [4.78, 5) is 24.9. The number of hydrogen-bond acceptors (Lipinski definition) is 5. The van der Waals surface area contributed by atoms with Crippen LogP contribution in [-0.4, -0.2) is 36.6 Å². The molecular formula is C24H33NO4. The molecule has 0 aromatic heterocycles. The minimum atomic E-state index is -0.582. The molecule has 0 heterocycles. The van der Waals surface area contributed by atoms with E-state index in [4.69, 9.17) is 4.74 Å². The van der Waals surface area contributed by atoms with Gasteiger partial charge < -0.3 is 15.2 Å². The number of benzene rings is 2. The average Bonchev–Trinajstić information content (AvgIpc) is 2.74. The van der Waals surface area contributed by atoms with Gasteiger partial charge in [0.2, 0.25) is 0 Å². The number of carbonyl (C=O) groups is 2. The van der Waals surface area contributed by atoms with Crippen LogP contribution in [0.2, 0.25) is 0 Å². The summed E-state index contributed by atoms with van der Waals surface area (Å²) < 4.78 is 5.25. The summed E-state index contributed by atoms with van der Waals surface area (Å²) in [5, 5.41) is 13.2. The highest BCUT2D eigenvalue weighted by atomic mass is 16.5. The number of ether oxygens (including phenoxy) is 1. The second kappa shape index (κ2) is 14.4. The normalized spacial score (nSPS) is 10.0. The van der Waals surface area contributed by atoms with Gasteiger partial charge in [-0.05, 0) is 31.6 Å². The summed E-state index contributed by atoms with van der Waals surface area (Å²) in [6, 6.07) is 13.0. The Morgan fingerprint density at radius 1 is 0.897 bits per heavy atom. The SMILES string of the molecule is CCCCCCOC(=O)c1cccc(O)c1C(=O)c1ccccc1.CCNCC. The highest BCUT2D eigenvalue weighted by Crippen LogP contribution is 2.25. The maximum Gasteiger partial charge on any atom is 0.339 e. The molecule has 0 fully saturated rings. The molecular weight excluding hydrogens is 366 g/mol. The number of phenolic OH excluding ortho intramolecular Hbond substituents is 1. The van der Waals surface area contributed by atoms with Gasteiger partial charge >= 0.3 is 5.97 Å². The fourth-order valence-corrected chi connectivity index (χ4v) is 2.70. The number of phenols is 1. The third kappa shape index (κ3) is 8.48. The van der Waals surface area contributed by atoms with Gasteiger partial charge in [0, 0.05) is 5.56 Å². The van der Waals surface area contributed by atoms with Crippen LogP contribution < -0.4 is 5.32 Å². The summed E-state index contributed by atoms with van der Waals surface area (Å²) >= 11 is 0. The van der Waals surface area contributed by atoms with E-state index >= 15 is 0 Å². The first-order valence-electron chi connectivity index (χ1n) is 10.4. The molecule has 2 aromatic carbocycles. The minimum Gasteiger partial charge on any atom is -0.507 e. The van der Waals surface area contributed by atoms with Gasteiger partial charge in [-0.25, -0.2) is 4.79 Å². The van der Waals surface area contributed by atoms with Crippen LogP contribution in [0.4, 0.5) is 0 Å². The molecule has 0 aliphatic rings. The lowest BCUT2D eigenvalue weighted by molar-refractivity contribution is 0.0494. The van der Waals surface area contributed by atoms with E-state index in [-0.39, 0.29) is 16.9 Å². The van der Waals surface area contributed by atoms with Crippen molar-refractivity contribution in [3.8, 4) is 5.75 Å². The molecule has 0 saturated carbocycles. The van der Waals surface area contributed by atoms with Gasteiger partial charge in [0.25, 0.3) is 0 Å². The van der Waals surface area contributed by atoms with Crippen molar-refractivity contribution in [2.45, 2.75) is 46.5 Å². The minimum absolute atomic E-state index is 0.0118. The molecule has 2 N–H and O–H groups in total. The molecule has 0 amide bonds. The summed E-state index contributed by atoms with van der Waals surface area (Å²) in [5.41, 5.74) is 0.498. The highest BCUT2D eigenvalue weighted by Gasteiger charge is 2.22. The Morgan fingerprint density at radius 3 is 2.17 bits per heavy atom. The van der Waals surface area contributed by atoms with Crippen LogP contribution in [-0.2, 0) is 4.74 Å². The Kier molecular flexibility index (Phi) is 12.1. The third-order valence-electron chi connectivity index (χ3n) is 4.26. The van der Waals surface area contributed by atoms with Gasteiger partial charge in [0.15, 0.2) is 5.78 Å². The first kappa shape index (κ1) is 24.4. The second-order valence-electron chi connectivity index (χ2n) is 6.55. The van der Waals surface area contributed by atoms with Crippen LogP contribution in [0, 0.1) is 0 Å². The van der Waals surface area contributed by atoms with Crippen LogP contribution >= 0.6 is 0 Å². The number of rotatable bonds is 10. The van der Waals surface area contributed by atoms with Gasteiger partial charge in [-0.3, -0.25) is 4.79 Å². The Bertz CT molecular complexity index is 742. The lowest BCUT2D eigenvalue weighted by Gasteiger charge is -2.11. The van der Waals surface area contributed by atoms with Gasteiger partial charge in [-0.1, -0.05) is 76.4 Å². The van der Waals surface area contributed by atoms with E-state index in [2.05, 4.69) is 26.1 Å². The average molecular weight is 400 g/mol. The van der Waals surface area contributed by atoms with E-state index in [9.17, 15) is 14.7 Å². The zero-order chi connectivity index (χ0) is 21.5. The summed E-state index contributed by atoms with van der Waals surface area (Å²) in [5.74, 6) is -1.20. The fourth-order valence-electron chi connectivity index (χ4n) is 2.70. The lowest BCUT2D eigenvalue weighted by atomic mass is 9.97. The van der Waals surface area contributed by atoms with Crippen molar-refractivity contribution in [3.05, 3.63) is 65.2 Å². The molecule has 0 aliphatic carbocycles. The number of carbonyl (C=O) groups excluding carboxylic acids is 2. The molecule has 0 bridgehead atoms. The second-order valence-corrected chi connectivity index (χ2v) is 6.55. The summed E-state index contributed by atoms with van der Waals surface area (Å²) in [6.07, 6.45) is 4.00. The number of nitrogens with one attached hydrogen (secondary N) is 1. The number of ketones is 1. The first-order valence-corrected chi connectivity index (χ1v) is 10.4. The molecule has 2 rings (SSSR count). The van der Waals surface area contributed by atoms with Crippen molar-refractivity contribution < 1.29 is 19.4 Å². The number of aromatic hydroxyl groups is 1. The van der Waals surface area contributed by atoms with Gasteiger partial charge in [0.05, 0.1) is 17.7 Å². The molecule has 0 atom stereocenters. The van der Waals surface area contributed by atoms with E-state index in [0.29, 0.717) is 12.2 Å². The largest absolute Gasteiger partial charge is 0.507 e. The standard InChI is InChI=1S/C20H22O4.C4H11N/c1-2-3-4-8-14-24-20(23)16-12-9-13-17(21)18(16)19(22)15-10-6-5-7-11-15;1-3-5-4-2/h5-7,9-13,21H,2-4,8,14H2,1H3;5H,3-4H2,1-2H3. The molecule has 158 valence electrons. The van der Waals surface area contributed by atoms with Crippen molar-refractivity contribution in [2.24, 2.45) is 0 Å². The molecule has 0 unspecified atom stereocenters. The molecule has 0 spiro atoms. The summed E-state index contributed by atoms with van der Waals surface area (Å²) in [6.45, 7) is 8.81. The Labute approximate surface area is 174 Å². The van der Waals surface area contributed by atoms with Crippen molar-refractivity contribution in [1.29, 1.82) is 0 Å². The topological polar surface area (TPSA) is 75.6 Å². The predicted molar refractivity (Wildman–Crippen MR) is 117 cm³/mol. The third-order valence-corrected chi connectivity index (χ3v) is 4.26. The van der Waals surface area contributed by atoms with E-state index in [1.807, 2.05) is 0 Å². The zero-order valence-corrected chi connectivity index (χ0v) is 17.7. The van der Waals surface area contributed by atoms with Crippen LogP contribution in [0.25, 0.3) is 0 Å². The zero-order valence-electron chi connectivity index (χ0n) is 17.7. The molecule has 29 heavy (non-hydrogen) atoms. The van der Waals surface area contributed by atoms with E-state index in [1.54, 1.807) is 30.3 Å². The van der Waals surface area contributed by atoms with Crippen molar-refractivity contribution in [3.63, 3.8) is 0 Å². The van der Waals surface area contributed by atoms with Crippen LogP contribution in [0.15, 0.2) is 48.5 Å². The predicted octanol–water partition coefficient (Wildman–Crippen LogP) is 4.98. The van der Waals surface area contributed by atoms with Crippen LogP contribution in [0.1, 0.15) is 72.7 Å². The van der Waals surface area contributed by atoms with Crippen molar-refractivity contribution in [2.75, 3.05) is 19.7 Å². The molecule has 0 saturated heterocycles. The van der Waals surface area contributed by atoms with Gasteiger partial charge in [-0.2, -0.15) is 0 Å². The summed E-state index contributed by atoms with van der Waals surface area (Å²) in [7, 11) is 0. The Hall–Kier alpha value is -2.66. The van der Waals surface area contributed by atoms with Crippen LogP contribution in [0.3, 0.4) is 0 Å². The van der Waals surface area contributed by atoms with Gasteiger partial charge in [0.1, 0.15) is 5.75 Å². The maximum atomic E-state index is 12.6. The Morgan fingerprint density at radius 2 is 1.59 bits per heavy atom. The fraction of sp³-hybridized carbons (Fsp3) is 0.417. The highest BCUT2D eigenvalue weighted by molar-refractivity contribution is 6.16. The van der Waals surface area contributed by atoms with E-state index < -0.39 is 11.8 Å². The molecule has 2 aromatic rings.